The van der Waals surface area contributed by atoms with Crippen LogP contribution in [-0.4, -0.2) is 52.6 Å². The average molecular weight is 493 g/mol. The number of fused-ring (bicyclic) bond motifs is 2. The molecule has 176 valence electrons. The van der Waals surface area contributed by atoms with Crippen LogP contribution >= 0.6 is 11.6 Å². The summed E-state index contributed by atoms with van der Waals surface area (Å²) in [5.74, 6) is 0.826. The summed E-state index contributed by atoms with van der Waals surface area (Å²) in [6.45, 7) is 1.45. The van der Waals surface area contributed by atoms with Crippen LogP contribution in [0, 0.1) is 0 Å². The van der Waals surface area contributed by atoms with Crippen molar-refractivity contribution in [3.05, 3.63) is 75.9 Å². The van der Waals surface area contributed by atoms with Crippen LogP contribution in [0.3, 0.4) is 0 Å². The van der Waals surface area contributed by atoms with E-state index in [1.165, 1.54) is 22.3 Å². The van der Waals surface area contributed by atoms with Gasteiger partial charge >= 0.3 is 0 Å². The van der Waals surface area contributed by atoms with Crippen LogP contribution in [0.15, 0.2) is 54.0 Å². The molecule has 10 nitrogen and oxygen atoms in total. The fourth-order valence-electron chi connectivity index (χ4n) is 4.68. The summed E-state index contributed by atoms with van der Waals surface area (Å²) in [5.41, 5.74) is 0.629. The minimum absolute atomic E-state index is 0.00185. The first-order valence-electron chi connectivity index (χ1n) is 10.9. The van der Waals surface area contributed by atoms with Gasteiger partial charge in [0.15, 0.2) is 11.6 Å². The van der Waals surface area contributed by atoms with Gasteiger partial charge in [0.2, 0.25) is 0 Å². The molecule has 0 amide bonds. The lowest BCUT2D eigenvalue weighted by Gasteiger charge is -2.27. The number of hydrogen-bond acceptors (Lipinski definition) is 7. The summed E-state index contributed by atoms with van der Waals surface area (Å²) in [7, 11) is 0. The van der Waals surface area contributed by atoms with Crippen molar-refractivity contribution < 1.29 is 9.18 Å². The van der Waals surface area contributed by atoms with E-state index >= 15 is 4.39 Å². The molecule has 1 aliphatic rings. The van der Waals surface area contributed by atoms with Gasteiger partial charge < -0.3 is 9.88 Å². The Hall–Kier alpha value is -4.12. The Morgan fingerprint density at radius 3 is 2.86 bits per heavy atom. The van der Waals surface area contributed by atoms with Gasteiger partial charge in [-0.25, -0.2) is 28.4 Å². The standard InChI is InChI=1S/C23H18ClFN8O2/c1-12(34)14-9-27-20-18(14)22(29-11-28-20)31-10-13(25)8-16(31)21-30-32-7-5-15(24)19(32)23(35)33(21)17-4-2-3-6-26-17/h2-7,9,11,13,16H,8,10H2,1H3,(H,27,28,29)/t13-,16-/m0/s1. The van der Waals surface area contributed by atoms with Gasteiger partial charge in [0.1, 0.15) is 35.3 Å². The van der Waals surface area contributed by atoms with E-state index in [4.69, 9.17) is 11.6 Å². The topological polar surface area (TPSA) is 114 Å². The van der Waals surface area contributed by atoms with E-state index in [0.717, 1.165) is 0 Å². The Bertz CT molecular complexity index is 1660. The fraction of sp³-hybridized carbons (Fsp3) is 0.217. The molecule has 5 aromatic rings. The van der Waals surface area contributed by atoms with Gasteiger partial charge in [-0.2, -0.15) is 5.10 Å². The first kappa shape index (κ1) is 21.4. The van der Waals surface area contributed by atoms with E-state index < -0.39 is 17.8 Å². The summed E-state index contributed by atoms with van der Waals surface area (Å²) < 4.78 is 17.8. The molecule has 1 fully saturated rings. The van der Waals surface area contributed by atoms with Crippen LogP contribution in [0.4, 0.5) is 10.2 Å². The second-order valence-electron chi connectivity index (χ2n) is 8.32. The number of carbonyl (C=O) groups is 1. The highest BCUT2D eigenvalue weighted by Gasteiger charge is 2.39. The van der Waals surface area contributed by atoms with Crippen molar-refractivity contribution in [3.63, 3.8) is 0 Å². The third kappa shape index (κ3) is 3.30. The molecule has 12 heteroatoms. The number of aromatic nitrogens is 7. The van der Waals surface area contributed by atoms with Gasteiger partial charge in [-0.3, -0.25) is 9.59 Å². The van der Waals surface area contributed by atoms with Crippen LogP contribution in [0.2, 0.25) is 5.02 Å². The molecule has 6 rings (SSSR count). The Balaban J connectivity index is 1.62. The molecule has 0 radical (unpaired) electrons. The van der Waals surface area contributed by atoms with Crippen molar-refractivity contribution in [1.29, 1.82) is 0 Å². The Morgan fingerprint density at radius 1 is 1.23 bits per heavy atom. The number of nitrogens with zero attached hydrogens (tertiary/aromatic N) is 7. The Morgan fingerprint density at radius 2 is 2.09 bits per heavy atom. The molecular weight excluding hydrogens is 475 g/mol. The van der Waals surface area contributed by atoms with E-state index in [9.17, 15) is 9.59 Å². The highest BCUT2D eigenvalue weighted by atomic mass is 35.5. The first-order chi connectivity index (χ1) is 16.9. The molecule has 35 heavy (non-hydrogen) atoms. The number of nitrogens with one attached hydrogen (secondary N) is 1. The van der Waals surface area contributed by atoms with Crippen molar-refractivity contribution in [2.75, 3.05) is 11.4 Å². The number of alkyl halides is 1. The number of H-pyrrole nitrogens is 1. The van der Waals surface area contributed by atoms with Gasteiger partial charge in [0.05, 0.1) is 23.0 Å². The zero-order valence-electron chi connectivity index (χ0n) is 18.4. The number of anilines is 1. The molecule has 1 N–H and O–H groups in total. The van der Waals surface area contributed by atoms with Crippen molar-refractivity contribution in [1.82, 2.24) is 34.1 Å². The number of pyridine rings is 1. The number of halogens is 2. The van der Waals surface area contributed by atoms with Crippen LogP contribution in [0.1, 0.15) is 35.6 Å². The van der Waals surface area contributed by atoms with E-state index in [-0.39, 0.29) is 35.1 Å². The van der Waals surface area contributed by atoms with Gasteiger partial charge in [0, 0.05) is 30.6 Å². The zero-order valence-corrected chi connectivity index (χ0v) is 19.1. The predicted molar refractivity (Wildman–Crippen MR) is 127 cm³/mol. The van der Waals surface area contributed by atoms with Gasteiger partial charge in [0.25, 0.3) is 5.56 Å². The van der Waals surface area contributed by atoms with Crippen LogP contribution in [0.25, 0.3) is 22.4 Å². The third-order valence-corrected chi connectivity index (χ3v) is 6.49. The Kier molecular flexibility index (Phi) is 4.88. The number of carbonyl (C=O) groups excluding carboxylic acids is 1. The van der Waals surface area contributed by atoms with Crippen LogP contribution in [0.5, 0.6) is 0 Å². The van der Waals surface area contributed by atoms with Gasteiger partial charge in [-0.15, -0.1) is 0 Å². The summed E-state index contributed by atoms with van der Waals surface area (Å²) >= 11 is 6.28. The van der Waals surface area contributed by atoms with Gasteiger partial charge in [-0.05, 0) is 25.1 Å². The maximum absolute atomic E-state index is 15.0. The molecule has 0 aromatic carbocycles. The second kappa shape index (κ2) is 7.98. The molecular formula is C23H18ClFN8O2. The van der Waals surface area contributed by atoms with Crippen molar-refractivity contribution in [2.45, 2.75) is 25.6 Å². The smallest absolute Gasteiger partial charge is 0.285 e. The zero-order chi connectivity index (χ0) is 24.3. The van der Waals surface area contributed by atoms with E-state index in [0.29, 0.717) is 28.2 Å². The minimum atomic E-state index is -1.22. The quantitative estimate of drug-likeness (QED) is 0.383. The number of hydrogen-bond donors (Lipinski definition) is 1. The van der Waals surface area contributed by atoms with Crippen molar-refractivity contribution >= 4 is 39.8 Å². The average Bonchev–Trinajstić information content (AvgIpc) is 3.56. The second-order valence-corrected chi connectivity index (χ2v) is 8.73. The lowest BCUT2D eigenvalue weighted by molar-refractivity contribution is 0.101. The molecule has 6 heterocycles. The fourth-order valence-corrected chi connectivity index (χ4v) is 4.90. The minimum Gasteiger partial charge on any atom is -0.345 e. The molecule has 1 saturated heterocycles. The molecule has 0 spiro atoms. The highest BCUT2D eigenvalue weighted by molar-refractivity contribution is 6.33. The maximum atomic E-state index is 15.0. The monoisotopic (exact) mass is 492 g/mol. The Labute approximate surface area is 202 Å². The first-order valence-corrected chi connectivity index (χ1v) is 11.3. The molecule has 5 aromatic heterocycles. The molecule has 0 unspecified atom stereocenters. The maximum Gasteiger partial charge on any atom is 0.285 e. The van der Waals surface area contributed by atoms with Crippen molar-refractivity contribution in [2.24, 2.45) is 0 Å². The largest absolute Gasteiger partial charge is 0.345 e. The van der Waals surface area contributed by atoms with E-state index in [1.807, 2.05) is 0 Å². The number of ketones is 1. The van der Waals surface area contributed by atoms with Crippen LogP contribution in [-0.2, 0) is 0 Å². The summed E-state index contributed by atoms with van der Waals surface area (Å²) in [5, 5.41) is 5.43. The number of aromatic amines is 1. The molecule has 0 saturated carbocycles. The third-order valence-electron chi connectivity index (χ3n) is 6.19. The SMILES string of the molecule is CC(=O)c1c[nH]c2ncnc(N3C[C@@H](F)C[C@H]3c3nn4ccc(Cl)c4c(=O)n3-c3ccccn3)c12. The molecule has 0 aliphatic carbocycles. The predicted octanol–water partition coefficient (Wildman–Crippen LogP) is 3.30. The summed E-state index contributed by atoms with van der Waals surface area (Å²) in [6.07, 6.45) is 4.91. The summed E-state index contributed by atoms with van der Waals surface area (Å²) in [6, 6.07) is 6.05. The van der Waals surface area contributed by atoms with E-state index in [1.54, 1.807) is 47.8 Å². The number of Topliss-reactive ketones (excluding diaryl/α,β-unsaturated/α-hetero) is 1. The van der Waals surface area contributed by atoms with Gasteiger partial charge in [-0.1, -0.05) is 17.7 Å². The lowest BCUT2D eigenvalue weighted by Crippen LogP contribution is -2.33. The number of rotatable bonds is 4. The molecule has 0 bridgehead atoms. The van der Waals surface area contributed by atoms with E-state index in [2.05, 4.69) is 25.0 Å². The normalized spacial score (nSPS) is 18.1. The van der Waals surface area contributed by atoms with Crippen molar-refractivity contribution in [3.8, 4) is 5.82 Å². The molecule has 1 aliphatic heterocycles. The summed E-state index contributed by atoms with van der Waals surface area (Å²) in [4.78, 5) is 43.6. The molecule has 2 atom stereocenters. The van der Waals surface area contributed by atoms with Crippen LogP contribution < -0.4 is 10.5 Å². The lowest BCUT2D eigenvalue weighted by atomic mass is 10.1. The highest BCUT2D eigenvalue weighted by Crippen LogP contribution is 2.39.